The van der Waals surface area contributed by atoms with Crippen molar-refractivity contribution >= 4 is 31.6 Å². The van der Waals surface area contributed by atoms with Crippen LogP contribution < -0.4 is 9.47 Å². The summed E-state index contributed by atoms with van der Waals surface area (Å²) in [6, 6.07) is 6.55. The Labute approximate surface area is 140 Å². The zero-order valence-electron chi connectivity index (χ0n) is 11.8. The molecule has 2 aromatic rings. The van der Waals surface area contributed by atoms with Gasteiger partial charge in [0.05, 0.1) is 22.0 Å². The van der Waals surface area contributed by atoms with Crippen LogP contribution in [0.2, 0.25) is 0 Å². The van der Waals surface area contributed by atoms with Crippen molar-refractivity contribution in [1.82, 2.24) is 0 Å². The smallest absolute Gasteiger partial charge is 0.186 e. The summed E-state index contributed by atoms with van der Waals surface area (Å²) in [6.07, 6.45) is 0. The molecule has 0 radical (unpaired) electrons. The molecule has 0 saturated carbocycles. The Hall–Kier alpha value is -1.93. The van der Waals surface area contributed by atoms with Crippen molar-refractivity contribution < 1.29 is 27.1 Å². The number of hydrogen-bond donors (Lipinski definition) is 0. The Morgan fingerprint density at radius 2 is 1.87 bits per heavy atom. The van der Waals surface area contributed by atoms with Crippen molar-refractivity contribution in [3.05, 3.63) is 46.2 Å². The van der Waals surface area contributed by atoms with Crippen LogP contribution in [0.25, 0.3) is 0 Å². The first-order valence-corrected chi connectivity index (χ1v) is 8.87. The normalized spacial score (nSPS) is 15.3. The second-order valence-corrected chi connectivity index (χ2v) is 7.61. The van der Waals surface area contributed by atoms with Crippen LogP contribution in [0.3, 0.4) is 0 Å². The Balaban J connectivity index is 2.05. The number of sulfone groups is 1. The molecule has 2 aromatic carbocycles. The third-order valence-corrected chi connectivity index (χ3v) is 5.75. The van der Waals surface area contributed by atoms with Gasteiger partial charge in [-0.2, -0.15) is 0 Å². The Morgan fingerprint density at radius 3 is 2.57 bits per heavy atom. The summed E-state index contributed by atoms with van der Waals surface area (Å²) in [6.45, 7) is 0. The highest BCUT2D eigenvalue weighted by atomic mass is 79.9. The van der Waals surface area contributed by atoms with Gasteiger partial charge in [0.2, 0.25) is 0 Å². The molecule has 8 heteroatoms. The largest absolute Gasteiger partial charge is 0.497 e. The molecule has 0 N–H and O–H groups in total. The Kier molecular flexibility index (Phi) is 3.89. The maximum atomic E-state index is 13.5. The molecule has 0 fully saturated rings. The van der Waals surface area contributed by atoms with E-state index in [1.165, 1.54) is 31.4 Å². The van der Waals surface area contributed by atoms with Crippen LogP contribution in [0, 0.1) is 5.82 Å². The molecule has 0 saturated heterocycles. The zero-order chi connectivity index (χ0) is 16.8. The highest BCUT2D eigenvalue weighted by Crippen LogP contribution is 2.40. The third kappa shape index (κ3) is 2.84. The maximum absolute atomic E-state index is 13.5. The van der Waals surface area contributed by atoms with Gasteiger partial charge in [-0.05, 0) is 28.1 Å². The molecule has 0 unspecified atom stereocenters. The summed E-state index contributed by atoms with van der Waals surface area (Å²) >= 11 is 3.20. The number of hydrogen-bond acceptors (Lipinski definition) is 5. The molecule has 0 aliphatic carbocycles. The second kappa shape index (κ2) is 5.61. The Bertz CT molecular complexity index is 924. The van der Waals surface area contributed by atoms with Crippen molar-refractivity contribution in [2.24, 2.45) is 0 Å². The number of fused-ring (bicyclic) bond motifs is 1. The fraction of sp³-hybridized carbons (Fsp3) is 0.133. The van der Waals surface area contributed by atoms with Gasteiger partial charge in [-0.3, -0.25) is 4.79 Å². The minimum Gasteiger partial charge on any atom is -0.497 e. The van der Waals surface area contributed by atoms with Crippen molar-refractivity contribution in [1.29, 1.82) is 0 Å². The first-order valence-electron chi connectivity index (χ1n) is 6.43. The summed E-state index contributed by atoms with van der Waals surface area (Å²) in [5.41, 5.74) is 0.0610. The highest BCUT2D eigenvalue weighted by Gasteiger charge is 2.36. The highest BCUT2D eigenvalue weighted by molar-refractivity contribution is 9.10. The van der Waals surface area contributed by atoms with Gasteiger partial charge in [-0.25, -0.2) is 12.8 Å². The molecule has 23 heavy (non-hydrogen) atoms. The zero-order valence-corrected chi connectivity index (χ0v) is 14.2. The average Bonchev–Trinajstić information content (AvgIpc) is 2.71. The van der Waals surface area contributed by atoms with E-state index in [4.69, 9.17) is 9.47 Å². The number of halogens is 2. The molecular formula is C15H10BrFO5S. The lowest BCUT2D eigenvalue weighted by Crippen LogP contribution is -2.03. The van der Waals surface area contributed by atoms with Gasteiger partial charge in [0.15, 0.2) is 15.6 Å². The van der Waals surface area contributed by atoms with Gasteiger partial charge in [-0.15, -0.1) is 0 Å². The van der Waals surface area contributed by atoms with E-state index in [1.54, 1.807) is 0 Å². The molecule has 0 bridgehead atoms. The molecule has 0 amide bonds. The first kappa shape index (κ1) is 15.9. The van der Waals surface area contributed by atoms with Crippen LogP contribution in [0.15, 0.2) is 39.7 Å². The van der Waals surface area contributed by atoms with E-state index in [2.05, 4.69) is 15.9 Å². The fourth-order valence-corrected chi connectivity index (χ4v) is 4.53. The van der Waals surface area contributed by atoms with E-state index in [0.29, 0.717) is 0 Å². The fourth-order valence-electron chi connectivity index (χ4n) is 2.30. The van der Waals surface area contributed by atoms with E-state index in [1.807, 2.05) is 0 Å². The monoisotopic (exact) mass is 400 g/mol. The molecular weight excluding hydrogens is 391 g/mol. The quantitative estimate of drug-likeness (QED) is 0.789. The molecule has 0 atom stereocenters. The number of ether oxygens (including phenoxy) is 2. The van der Waals surface area contributed by atoms with E-state index >= 15 is 0 Å². The van der Waals surface area contributed by atoms with Gasteiger partial charge in [-0.1, -0.05) is 0 Å². The number of carbonyl (C=O) groups is 1. The van der Waals surface area contributed by atoms with E-state index < -0.39 is 27.2 Å². The summed E-state index contributed by atoms with van der Waals surface area (Å²) in [5, 5.41) is 0. The van der Waals surface area contributed by atoms with Gasteiger partial charge in [0.1, 0.15) is 28.8 Å². The Morgan fingerprint density at radius 1 is 1.17 bits per heavy atom. The molecule has 1 aliphatic heterocycles. The molecule has 1 aliphatic rings. The molecule has 1 heterocycles. The van der Waals surface area contributed by atoms with Crippen LogP contribution in [0.5, 0.6) is 17.2 Å². The number of ketones is 1. The lowest BCUT2D eigenvalue weighted by Gasteiger charge is -2.11. The minimum absolute atomic E-state index is 0.0291. The molecule has 5 nitrogen and oxygen atoms in total. The number of Topliss-reactive ketones (excluding diaryl/α,β-unsaturated/α-hetero) is 1. The van der Waals surface area contributed by atoms with Gasteiger partial charge in [0, 0.05) is 18.2 Å². The minimum atomic E-state index is -3.60. The van der Waals surface area contributed by atoms with E-state index in [-0.39, 0.29) is 32.2 Å². The van der Waals surface area contributed by atoms with Crippen LogP contribution in [-0.2, 0) is 9.84 Å². The van der Waals surface area contributed by atoms with Gasteiger partial charge < -0.3 is 9.47 Å². The number of rotatable bonds is 3. The third-order valence-electron chi connectivity index (χ3n) is 3.31. The number of benzene rings is 2. The summed E-state index contributed by atoms with van der Waals surface area (Å²) in [4.78, 5) is 11.9. The number of carbonyl (C=O) groups excluding carboxylic acids is 1. The number of methoxy groups -OCH3 is 1. The lowest BCUT2D eigenvalue weighted by atomic mass is 10.1. The second-order valence-electron chi connectivity index (χ2n) is 4.86. The standard InChI is InChI=1S/C15H10BrFO5S/c1-21-9-4-8(17)5-10(6-9)22-12-2-3-13-14(15(12)16)11(18)7-23(13,19)20/h2-6H,7H2,1H3. The van der Waals surface area contributed by atoms with Crippen LogP contribution >= 0.6 is 15.9 Å². The van der Waals surface area contributed by atoms with Crippen molar-refractivity contribution in [3.8, 4) is 17.2 Å². The van der Waals surface area contributed by atoms with Gasteiger partial charge in [0.25, 0.3) is 0 Å². The first-order chi connectivity index (χ1) is 10.8. The summed E-state index contributed by atoms with van der Waals surface area (Å²) in [7, 11) is -2.20. The van der Waals surface area contributed by atoms with Crippen molar-refractivity contribution in [3.63, 3.8) is 0 Å². The predicted octanol–water partition coefficient (Wildman–Crippen LogP) is 3.36. The van der Waals surface area contributed by atoms with Crippen molar-refractivity contribution in [2.45, 2.75) is 4.90 Å². The van der Waals surface area contributed by atoms with Gasteiger partial charge >= 0.3 is 0 Å². The topological polar surface area (TPSA) is 69.7 Å². The van der Waals surface area contributed by atoms with Crippen LogP contribution in [0.1, 0.15) is 10.4 Å². The molecule has 3 rings (SSSR count). The van der Waals surface area contributed by atoms with E-state index in [0.717, 1.165) is 6.07 Å². The molecule has 0 spiro atoms. The summed E-state index contributed by atoms with van der Waals surface area (Å²) < 4.78 is 48.0. The van der Waals surface area contributed by atoms with Crippen LogP contribution in [-0.4, -0.2) is 27.1 Å². The summed E-state index contributed by atoms with van der Waals surface area (Å²) in [5.74, 6) is -0.962. The van der Waals surface area contributed by atoms with Crippen LogP contribution in [0.4, 0.5) is 4.39 Å². The lowest BCUT2D eigenvalue weighted by molar-refractivity contribution is 0.102. The molecule has 120 valence electrons. The van der Waals surface area contributed by atoms with Crippen molar-refractivity contribution in [2.75, 3.05) is 12.9 Å². The SMILES string of the molecule is COc1cc(F)cc(Oc2ccc3c(c2Br)C(=O)CS3(=O)=O)c1. The predicted molar refractivity (Wildman–Crippen MR) is 83.6 cm³/mol. The van der Waals surface area contributed by atoms with E-state index in [9.17, 15) is 17.6 Å². The average molecular weight is 401 g/mol. The molecule has 0 aromatic heterocycles. The maximum Gasteiger partial charge on any atom is 0.186 e.